The number of pyridine rings is 1. The van der Waals surface area contributed by atoms with Gasteiger partial charge in [-0.1, -0.05) is 20.8 Å². The van der Waals surface area contributed by atoms with E-state index in [9.17, 15) is 4.79 Å². The topological polar surface area (TPSA) is 65.5 Å². The second-order valence-corrected chi connectivity index (χ2v) is 6.02. The minimum atomic E-state index is -0.130. The quantitative estimate of drug-likeness (QED) is 0.844. The zero-order valence-electron chi connectivity index (χ0n) is 13.7. The highest BCUT2D eigenvalue weighted by molar-refractivity contribution is 5.95. The van der Waals surface area contributed by atoms with E-state index in [2.05, 4.69) is 31.1 Å². The second-order valence-electron chi connectivity index (χ2n) is 6.02. The van der Waals surface area contributed by atoms with Crippen molar-refractivity contribution in [1.29, 1.82) is 0 Å². The fourth-order valence-corrected chi connectivity index (χ4v) is 2.02. The van der Waals surface area contributed by atoms with Crippen LogP contribution in [0.5, 0.6) is 0 Å². The van der Waals surface area contributed by atoms with Gasteiger partial charge in [-0.3, -0.25) is 4.79 Å². The van der Waals surface area contributed by atoms with Crippen LogP contribution in [0.4, 0.5) is 5.82 Å². The SMILES string of the molecule is CCNc1cc(C(=O)N(CC)CCO)cc(C(C)(C)C)n1. The number of anilines is 1. The van der Waals surface area contributed by atoms with E-state index in [1.807, 2.05) is 19.9 Å². The summed E-state index contributed by atoms with van der Waals surface area (Å²) in [6.45, 7) is 11.8. The van der Waals surface area contributed by atoms with Gasteiger partial charge in [0.1, 0.15) is 5.82 Å². The average Bonchev–Trinajstić information content (AvgIpc) is 2.43. The van der Waals surface area contributed by atoms with Gasteiger partial charge in [-0.25, -0.2) is 4.98 Å². The van der Waals surface area contributed by atoms with E-state index in [0.29, 0.717) is 24.5 Å². The summed E-state index contributed by atoms with van der Waals surface area (Å²) < 4.78 is 0. The van der Waals surface area contributed by atoms with Crippen molar-refractivity contribution < 1.29 is 9.90 Å². The number of carbonyl (C=O) groups is 1. The molecule has 0 saturated carbocycles. The van der Waals surface area contributed by atoms with Gasteiger partial charge in [0.25, 0.3) is 5.91 Å². The predicted octanol–water partition coefficient (Wildman–Crippen LogP) is 2.27. The van der Waals surface area contributed by atoms with Gasteiger partial charge < -0.3 is 15.3 Å². The number of likely N-dealkylation sites (N-methyl/N-ethyl adjacent to an activating group) is 1. The smallest absolute Gasteiger partial charge is 0.254 e. The third-order valence-electron chi connectivity index (χ3n) is 3.24. The molecule has 0 atom stereocenters. The summed E-state index contributed by atoms with van der Waals surface area (Å²) in [5.74, 6) is 0.645. The lowest BCUT2D eigenvalue weighted by molar-refractivity contribution is 0.0731. The predicted molar refractivity (Wildman–Crippen MR) is 85.8 cm³/mol. The molecule has 0 aliphatic heterocycles. The minimum absolute atomic E-state index is 0.0309. The number of amides is 1. The van der Waals surface area contributed by atoms with E-state index in [-0.39, 0.29) is 17.9 Å². The maximum absolute atomic E-state index is 12.6. The number of nitrogens with zero attached hydrogens (tertiary/aromatic N) is 2. The Hall–Kier alpha value is -1.62. The summed E-state index contributed by atoms with van der Waals surface area (Å²) in [5.41, 5.74) is 1.36. The standard InChI is InChI=1S/C16H27N3O2/c1-6-17-14-11-12(10-13(18-14)16(3,4)5)15(21)19(7-2)8-9-20/h10-11,20H,6-9H2,1-5H3,(H,17,18). The first-order valence-electron chi connectivity index (χ1n) is 7.50. The van der Waals surface area contributed by atoms with E-state index in [0.717, 1.165) is 12.2 Å². The molecule has 0 saturated heterocycles. The summed E-state index contributed by atoms with van der Waals surface area (Å²) in [4.78, 5) is 18.8. The van der Waals surface area contributed by atoms with Crippen LogP contribution in [0, 0.1) is 0 Å². The van der Waals surface area contributed by atoms with Crippen LogP contribution in [-0.2, 0) is 5.41 Å². The number of aromatic nitrogens is 1. The van der Waals surface area contributed by atoms with Crippen LogP contribution in [0.25, 0.3) is 0 Å². The number of rotatable bonds is 6. The lowest BCUT2D eigenvalue weighted by Gasteiger charge is -2.23. The highest BCUT2D eigenvalue weighted by Crippen LogP contribution is 2.24. The molecule has 5 nitrogen and oxygen atoms in total. The van der Waals surface area contributed by atoms with Crippen molar-refractivity contribution in [1.82, 2.24) is 9.88 Å². The third-order valence-corrected chi connectivity index (χ3v) is 3.24. The molecule has 1 aromatic rings. The molecule has 0 aliphatic rings. The maximum Gasteiger partial charge on any atom is 0.254 e. The minimum Gasteiger partial charge on any atom is -0.395 e. The molecule has 118 valence electrons. The van der Waals surface area contributed by atoms with Gasteiger partial charge in [0, 0.05) is 36.3 Å². The zero-order chi connectivity index (χ0) is 16.0. The number of hydrogen-bond donors (Lipinski definition) is 2. The Morgan fingerprint density at radius 2 is 2.00 bits per heavy atom. The Morgan fingerprint density at radius 1 is 1.33 bits per heavy atom. The van der Waals surface area contributed by atoms with Crippen molar-refractivity contribution >= 4 is 11.7 Å². The van der Waals surface area contributed by atoms with Gasteiger partial charge in [0.05, 0.1) is 6.61 Å². The average molecular weight is 293 g/mol. The van der Waals surface area contributed by atoms with E-state index < -0.39 is 0 Å². The van der Waals surface area contributed by atoms with Crippen LogP contribution in [0.3, 0.4) is 0 Å². The Bertz CT molecular complexity index is 481. The van der Waals surface area contributed by atoms with Crippen LogP contribution in [-0.4, -0.2) is 47.1 Å². The molecule has 0 unspecified atom stereocenters. The Balaban J connectivity index is 3.21. The lowest BCUT2D eigenvalue weighted by atomic mass is 9.90. The molecule has 1 rings (SSSR count). The van der Waals surface area contributed by atoms with Crippen LogP contribution >= 0.6 is 0 Å². The van der Waals surface area contributed by atoms with Crippen molar-refractivity contribution in [3.05, 3.63) is 23.4 Å². The monoisotopic (exact) mass is 293 g/mol. The van der Waals surface area contributed by atoms with Crippen molar-refractivity contribution in [2.75, 3.05) is 31.6 Å². The first-order valence-corrected chi connectivity index (χ1v) is 7.50. The Labute approximate surface area is 127 Å². The zero-order valence-corrected chi connectivity index (χ0v) is 13.7. The van der Waals surface area contributed by atoms with Crippen LogP contribution in [0.1, 0.15) is 50.7 Å². The normalized spacial score (nSPS) is 11.3. The van der Waals surface area contributed by atoms with Gasteiger partial charge in [-0.05, 0) is 26.0 Å². The molecule has 0 spiro atoms. The molecular formula is C16H27N3O2. The summed E-state index contributed by atoms with van der Waals surface area (Å²) >= 11 is 0. The fraction of sp³-hybridized carbons (Fsp3) is 0.625. The first kappa shape index (κ1) is 17.4. The molecule has 1 aromatic heterocycles. The van der Waals surface area contributed by atoms with E-state index >= 15 is 0 Å². The van der Waals surface area contributed by atoms with E-state index in [1.54, 1.807) is 11.0 Å². The van der Waals surface area contributed by atoms with Crippen molar-refractivity contribution in [2.24, 2.45) is 0 Å². The molecule has 5 heteroatoms. The van der Waals surface area contributed by atoms with Crippen LogP contribution in [0.2, 0.25) is 0 Å². The molecule has 1 amide bonds. The molecule has 21 heavy (non-hydrogen) atoms. The first-order chi connectivity index (χ1) is 9.83. The number of aliphatic hydroxyl groups is 1. The van der Waals surface area contributed by atoms with Gasteiger partial charge in [-0.15, -0.1) is 0 Å². The summed E-state index contributed by atoms with van der Waals surface area (Å²) in [5, 5.41) is 12.2. The van der Waals surface area contributed by atoms with Gasteiger partial charge >= 0.3 is 0 Å². The number of carbonyl (C=O) groups excluding carboxylic acids is 1. The molecule has 0 aliphatic carbocycles. The highest BCUT2D eigenvalue weighted by atomic mass is 16.3. The fourth-order valence-electron chi connectivity index (χ4n) is 2.02. The summed E-state index contributed by atoms with van der Waals surface area (Å²) in [6.07, 6.45) is 0. The third kappa shape index (κ3) is 4.70. The molecule has 0 radical (unpaired) electrons. The molecule has 2 N–H and O–H groups in total. The van der Waals surface area contributed by atoms with Crippen LogP contribution in [0.15, 0.2) is 12.1 Å². The van der Waals surface area contributed by atoms with Gasteiger partial charge in [0.15, 0.2) is 0 Å². The highest BCUT2D eigenvalue weighted by Gasteiger charge is 2.21. The molecule has 0 fully saturated rings. The number of nitrogens with one attached hydrogen (secondary N) is 1. The molecular weight excluding hydrogens is 266 g/mol. The van der Waals surface area contributed by atoms with Gasteiger partial charge in [0.2, 0.25) is 0 Å². The molecule has 0 bridgehead atoms. The summed E-state index contributed by atoms with van der Waals surface area (Å²) in [7, 11) is 0. The Morgan fingerprint density at radius 3 is 2.48 bits per heavy atom. The van der Waals surface area contributed by atoms with Gasteiger partial charge in [-0.2, -0.15) is 0 Å². The second kappa shape index (κ2) is 7.41. The molecule has 1 heterocycles. The largest absolute Gasteiger partial charge is 0.395 e. The summed E-state index contributed by atoms with van der Waals surface area (Å²) in [6, 6.07) is 3.63. The lowest BCUT2D eigenvalue weighted by Crippen LogP contribution is -2.33. The van der Waals surface area contributed by atoms with E-state index in [1.165, 1.54) is 0 Å². The molecule has 0 aromatic carbocycles. The van der Waals surface area contributed by atoms with E-state index in [4.69, 9.17) is 5.11 Å². The van der Waals surface area contributed by atoms with Crippen molar-refractivity contribution in [3.63, 3.8) is 0 Å². The maximum atomic E-state index is 12.6. The van der Waals surface area contributed by atoms with Crippen LogP contribution < -0.4 is 5.32 Å². The number of hydrogen-bond acceptors (Lipinski definition) is 4. The van der Waals surface area contributed by atoms with Crippen molar-refractivity contribution in [3.8, 4) is 0 Å². The Kier molecular flexibility index (Phi) is 6.15. The number of aliphatic hydroxyl groups excluding tert-OH is 1. The van der Waals surface area contributed by atoms with Crippen molar-refractivity contribution in [2.45, 2.75) is 40.0 Å².